The number of benzene rings is 1. The molecule has 5 heteroatoms. The number of rotatable bonds is 8. The van der Waals surface area contributed by atoms with Gasteiger partial charge in [0.2, 0.25) is 0 Å². The summed E-state index contributed by atoms with van der Waals surface area (Å²) in [6.45, 7) is 9.47. The summed E-state index contributed by atoms with van der Waals surface area (Å²) in [5.41, 5.74) is 1.40. The highest BCUT2D eigenvalue weighted by Crippen LogP contribution is 2.19. The van der Waals surface area contributed by atoms with Crippen LogP contribution in [0.25, 0.3) is 0 Å². The largest absolute Gasteiger partial charge is 0.390 e. The van der Waals surface area contributed by atoms with Crippen molar-refractivity contribution in [2.75, 3.05) is 66.1 Å². The van der Waals surface area contributed by atoms with Gasteiger partial charge < -0.3 is 14.7 Å². The number of nitrogens with zero attached hydrogens (tertiary/aromatic N) is 3. The molecule has 2 aliphatic rings. The van der Waals surface area contributed by atoms with Crippen molar-refractivity contribution in [1.82, 2.24) is 14.7 Å². The highest BCUT2D eigenvalue weighted by molar-refractivity contribution is 5.14. The summed E-state index contributed by atoms with van der Waals surface area (Å²) in [6.07, 6.45) is 0.987. The van der Waals surface area contributed by atoms with E-state index in [2.05, 4.69) is 52.1 Å². The van der Waals surface area contributed by atoms with Crippen molar-refractivity contribution in [2.45, 2.75) is 19.1 Å². The molecule has 2 atom stereocenters. The second-order valence-electron chi connectivity index (χ2n) is 7.66. The van der Waals surface area contributed by atoms with Gasteiger partial charge in [-0.25, -0.2) is 0 Å². The summed E-state index contributed by atoms with van der Waals surface area (Å²) in [5, 5.41) is 10.4. The van der Waals surface area contributed by atoms with E-state index in [1.165, 1.54) is 25.1 Å². The van der Waals surface area contributed by atoms with Crippen LogP contribution in [0.4, 0.5) is 0 Å². The Labute approximate surface area is 152 Å². The molecule has 2 aliphatic heterocycles. The van der Waals surface area contributed by atoms with Crippen LogP contribution < -0.4 is 0 Å². The molecule has 1 N–H and O–H groups in total. The minimum atomic E-state index is -0.273. The molecule has 0 radical (unpaired) electrons. The van der Waals surface area contributed by atoms with Crippen LogP contribution in [-0.2, 0) is 11.3 Å². The monoisotopic (exact) mass is 347 g/mol. The molecule has 0 spiro atoms. The lowest BCUT2D eigenvalue weighted by atomic mass is 10.1. The van der Waals surface area contributed by atoms with Gasteiger partial charge in [-0.2, -0.15) is 0 Å². The molecule has 140 valence electrons. The average molecular weight is 348 g/mol. The molecule has 25 heavy (non-hydrogen) atoms. The molecular weight excluding hydrogens is 314 g/mol. The van der Waals surface area contributed by atoms with E-state index in [0.29, 0.717) is 5.92 Å². The van der Waals surface area contributed by atoms with Crippen molar-refractivity contribution < 1.29 is 9.84 Å². The number of ether oxygens (including phenoxy) is 1. The second kappa shape index (κ2) is 9.64. The molecule has 0 bridgehead atoms. The molecule has 2 fully saturated rings. The minimum absolute atomic E-state index is 0.273. The molecule has 1 aromatic rings. The number of morpholine rings is 1. The van der Waals surface area contributed by atoms with E-state index in [4.69, 9.17) is 4.74 Å². The third-order valence-electron chi connectivity index (χ3n) is 5.28. The van der Waals surface area contributed by atoms with Gasteiger partial charge in [0.1, 0.15) is 0 Å². The summed E-state index contributed by atoms with van der Waals surface area (Å²) in [7, 11) is 2.14. The quantitative estimate of drug-likeness (QED) is 0.763. The van der Waals surface area contributed by atoms with Gasteiger partial charge in [0.05, 0.1) is 19.3 Å². The SMILES string of the molecule is CN(CC(O)CN1CCOCC1)CC1CCN(Cc2ccccc2)C1. The maximum absolute atomic E-state index is 10.4. The Morgan fingerprint density at radius 2 is 1.92 bits per heavy atom. The van der Waals surface area contributed by atoms with Crippen LogP contribution >= 0.6 is 0 Å². The van der Waals surface area contributed by atoms with Gasteiger partial charge in [0, 0.05) is 45.8 Å². The maximum Gasteiger partial charge on any atom is 0.0793 e. The first-order valence-corrected chi connectivity index (χ1v) is 9.62. The molecular formula is C20H33N3O2. The zero-order valence-corrected chi connectivity index (χ0v) is 15.5. The lowest BCUT2D eigenvalue weighted by Crippen LogP contribution is -2.44. The Morgan fingerprint density at radius 3 is 2.68 bits per heavy atom. The fraction of sp³-hybridized carbons (Fsp3) is 0.700. The molecule has 0 amide bonds. The lowest BCUT2D eigenvalue weighted by Gasteiger charge is -2.30. The Bertz CT molecular complexity index is 493. The first kappa shape index (κ1) is 18.8. The molecule has 5 nitrogen and oxygen atoms in total. The van der Waals surface area contributed by atoms with E-state index >= 15 is 0 Å². The third-order valence-corrected chi connectivity index (χ3v) is 5.28. The van der Waals surface area contributed by atoms with Crippen molar-refractivity contribution in [3.63, 3.8) is 0 Å². The van der Waals surface area contributed by atoms with Gasteiger partial charge in [-0.3, -0.25) is 9.80 Å². The third kappa shape index (κ3) is 6.35. The van der Waals surface area contributed by atoms with Gasteiger partial charge >= 0.3 is 0 Å². The van der Waals surface area contributed by atoms with E-state index in [1.54, 1.807) is 0 Å². The zero-order chi connectivity index (χ0) is 17.5. The predicted molar refractivity (Wildman–Crippen MR) is 101 cm³/mol. The normalized spacial score (nSPS) is 24.0. The topological polar surface area (TPSA) is 39.2 Å². The molecule has 2 heterocycles. The molecule has 3 rings (SSSR count). The van der Waals surface area contributed by atoms with E-state index in [-0.39, 0.29) is 6.10 Å². The van der Waals surface area contributed by atoms with Gasteiger partial charge in [-0.1, -0.05) is 30.3 Å². The van der Waals surface area contributed by atoms with Crippen LogP contribution in [0.5, 0.6) is 0 Å². The van der Waals surface area contributed by atoms with E-state index < -0.39 is 0 Å². The van der Waals surface area contributed by atoms with Crippen molar-refractivity contribution in [2.24, 2.45) is 5.92 Å². The first-order chi connectivity index (χ1) is 12.2. The fourth-order valence-corrected chi connectivity index (χ4v) is 4.06. The van der Waals surface area contributed by atoms with Crippen LogP contribution in [0.1, 0.15) is 12.0 Å². The molecule has 2 unspecified atom stereocenters. The van der Waals surface area contributed by atoms with Crippen LogP contribution in [0.3, 0.4) is 0 Å². The maximum atomic E-state index is 10.4. The summed E-state index contributed by atoms with van der Waals surface area (Å²) in [6, 6.07) is 10.7. The van der Waals surface area contributed by atoms with Crippen molar-refractivity contribution >= 4 is 0 Å². The van der Waals surface area contributed by atoms with Crippen LogP contribution in [0.2, 0.25) is 0 Å². The smallest absolute Gasteiger partial charge is 0.0793 e. The van der Waals surface area contributed by atoms with Gasteiger partial charge in [-0.05, 0) is 31.5 Å². The number of hydrogen-bond donors (Lipinski definition) is 1. The minimum Gasteiger partial charge on any atom is -0.390 e. The Hall–Kier alpha value is -0.980. The second-order valence-corrected chi connectivity index (χ2v) is 7.66. The summed E-state index contributed by atoms with van der Waals surface area (Å²) in [5.74, 6) is 0.712. The van der Waals surface area contributed by atoms with E-state index in [0.717, 1.165) is 52.5 Å². The Kier molecular flexibility index (Phi) is 7.25. The standard InChI is InChI=1S/C20H33N3O2/c1-21(16-20(24)17-22-9-11-25-12-10-22)13-19-7-8-23(15-19)14-18-5-3-2-4-6-18/h2-6,19-20,24H,7-17H2,1H3. The van der Waals surface area contributed by atoms with Crippen molar-refractivity contribution in [1.29, 1.82) is 0 Å². The number of likely N-dealkylation sites (tertiary alicyclic amines) is 1. The number of hydrogen-bond acceptors (Lipinski definition) is 5. The fourth-order valence-electron chi connectivity index (χ4n) is 4.06. The predicted octanol–water partition coefficient (Wildman–Crippen LogP) is 1.13. The first-order valence-electron chi connectivity index (χ1n) is 9.62. The summed E-state index contributed by atoms with van der Waals surface area (Å²) in [4.78, 5) is 7.17. The van der Waals surface area contributed by atoms with Gasteiger partial charge in [-0.15, -0.1) is 0 Å². The average Bonchev–Trinajstić information content (AvgIpc) is 3.03. The summed E-state index contributed by atoms with van der Waals surface area (Å²) < 4.78 is 5.37. The van der Waals surface area contributed by atoms with E-state index in [9.17, 15) is 5.11 Å². The number of likely N-dealkylation sites (N-methyl/N-ethyl adjacent to an activating group) is 1. The highest BCUT2D eigenvalue weighted by atomic mass is 16.5. The van der Waals surface area contributed by atoms with Gasteiger partial charge in [0.25, 0.3) is 0 Å². The van der Waals surface area contributed by atoms with Crippen molar-refractivity contribution in [3.8, 4) is 0 Å². The number of aliphatic hydroxyl groups is 1. The molecule has 0 aromatic heterocycles. The molecule has 0 aliphatic carbocycles. The van der Waals surface area contributed by atoms with Crippen molar-refractivity contribution in [3.05, 3.63) is 35.9 Å². The molecule has 1 aromatic carbocycles. The Balaban J connectivity index is 1.34. The lowest BCUT2D eigenvalue weighted by molar-refractivity contribution is 0.00793. The molecule has 2 saturated heterocycles. The van der Waals surface area contributed by atoms with Crippen LogP contribution in [0.15, 0.2) is 30.3 Å². The Morgan fingerprint density at radius 1 is 1.16 bits per heavy atom. The van der Waals surface area contributed by atoms with Gasteiger partial charge in [0.15, 0.2) is 0 Å². The van der Waals surface area contributed by atoms with Crippen LogP contribution in [0, 0.1) is 5.92 Å². The summed E-state index contributed by atoms with van der Waals surface area (Å²) >= 11 is 0. The highest BCUT2D eigenvalue weighted by Gasteiger charge is 2.24. The zero-order valence-electron chi connectivity index (χ0n) is 15.5. The number of aliphatic hydroxyl groups excluding tert-OH is 1. The van der Waals surface area contributed by atoms with Crippen LogP contribution in [-0.4, -0.2) is 92.0 Å². The molecule has 0 saturated carbocycles. The van der Waals surface area contributed by atoms with E-state index in [1.807, 2.05) is 0 Å². The number of β-amino-alcohol motifs (C(OH)–C–C–N with tert-alkyl or cyclic N) is 1.